The van der Waals surface area contributed by atoms with E-state index < -0.39 is 0 Å². The van der Waals surface area contributed by atoms with Gasteiger partial charge in [0.25, 0.3) is 0 Å². The molecule has 0 heterocycles. The average Bonchev–Trinajstić information content (AvgIpc) is 2.48. The molecule has 0 spiro atoms. The molecule has 0 radical (unpaired) electrons. The van der Waals surface area contributed by atoms with Crippen LogP contribution < -0.4 is 0 Å². The van der Waals surface area contributed by atoms with E-state index in [2.05, 4.69) is 37.3 Å². The molecule has 0 aliphatic heterocycles. The van der Waals surface area contributed by atoms with Gasteiger partial charge in [-0.3, -0.25) is 0 Å². The summed E-state index contributed by atoms with van der Waals surface area (Å²) < 4.78 is 0. The lowest BCUT2D eigenvalue weighted by Gasteiger charge is -2.25. The zero-order valence-corrected chi connectivity index (χ0v) is 12.8. The van der Waals surface area contributed by atoms with Gasteiger partial charge in [0.2, 0.25) is 0 Å². The van der Waals surface area contributed by atoms with Crippen LogP contribution in [0.4, 0.5) is 0 Å². The largest absolute Gasteiger partial charge is 0.0837 e. The lowest BCUT2D eigenvalue weighted by molar-refractivity contribution is 0.444. The SMILES string of the molecule is Cc1cccc(Cl)c1-c1ccccc1C1CCCCC1. The highest BCUT2D eigenvalue weighted by Gasteiger charge is 2.20. The van der Waals surface area contributed by atoms with Crippen molar-refractivity contribution < 1.29 is 0 Å². The summed E-state index contributed by atoms with van der Waals surface area (Å²) in [5, 5.41) is 0.869. The van der Waals surface area contributed by atoms with Crippen LogP contribution in [0.15, 0.2) is 42.5 Å². The van der Waals surface area contributed by atoms with E-state index in [1.165, 1.54) is 54.4 Å². The zero-order chi connectivity index (χ0) is 13.9. The van der Waals surface area contributed by atoms with Crippen LogP contribution in [0.25, 0.3) is 11.1 Å². The van der Waals surface area contributed by atoms with Crippen molar-refractivity contribution in [2.45, 2.75) is 44.9 Å². The van der Waals surface area contributed by atoms with E-state index >= 15 is 0 Å². The van der Waals surface area contributed by atoms with Gasteiger partial charge in [-0.2, -0.15) is 0 Å². The number of benzene rings is 2. The van der Waals surface area contributed by atoms with E-state index in [0.29, 0.717) is 5.92 Å². The van der Waals surface area contributed by atoms with Gasteiger partial charge in [-0.05, 0) is 48.4 Å². The Kier molecular flexibility index (Phi) is 4.12. The first kappa shape index (κ1) is 13.7. The van der Waals surface area contributed by atoms with Gasteiger partial charge < -0.3 is 0 Å². The Morgan fingerprint density at radius 3 is 2.40 bits per heavy atom. The van der Waals surface area contributed by atoms with Crippen molar-refractivity contribution in [1.82, 2.24) is 0 Å². The van der Waals surface area contributed by atoms with Crippen molar-refractivity contribution in [3.63, 3.8) is 0 Å². The molecule has 2 aromatic rings. The number of hydrogen-bond donors (Lipinski definition) is 0. The van der Waals surface area contributed by atoms with Gasteiger partial charge in [0, 0.05) is 10.6 Å². The van der Waals surface area contributed by atoms with E-state index in [4.69, 9.17) is 11.6 Å². The fourth-order valence-electron chi connectivity index (χ4n) is 3.47. The molecule has 104 valence electrons. The molecule has 2 aromatic carbocycles. The van der Waals surface area contributed by atoms with Crippen molar-refractivity contribution in [3.05, 3.63) is 58.6 Å². The van der Waals surface area contributed by atoms with Gasteiger partial charge >= 0.3 is 0 Å². The van der Waals surface area contributed by atoms with Gasteiger partial charge in [-0.25, -0.2) is 0 Å². The summed E-state index contributed by atoms with van der Waals surface area (Å²) >= 11 is 6.47. The van der Waals surface area contributed by atoms with Crippen LogP contribution in [-0.2, 0) is 0 Å². The second-order valence-electron chi connectivity index (χ2n) is 5.85. The van der Waals surface area contributed by atoms with Gasteiger partial charge in [-0.15, -0.1) is 0 Å². The third-order valence-electron chi connectivity index (χ3n) is 4.50. The van der Waals surface area contributed by atoms with E-state index in [-0.39, 0.29) is 0 Å². The molecule has 0 bridgehead atoms. The summed E-state index contributed by atoms with van der Waals surface area (Å²) in [4.78, 5) is 0. The van der Waals surface area contributed by atoms with E-state index in [9.17, 15) is 0 Å². The van der Waals surface area contributed by atoms with Crippen molar-refractivity contribution in [3.8, 4) is 11.1 Å². The first-order valence-electron chi connectivity index (χ1n) is 7.62. The fourth-order valence-corrected chi connectivity index (χ4v) is 3.79. The van der Waals surface area contributed by atoms with Crippen LogP contribution in [0.2, 0.25) is 5.02 Å². The maximum Gasteiger partial charge on any atom is 0.0487 e. The number of aryl methyl sites for hydroxylation is 1. The Morgan fingerprint density at radius 1 is 0.900 bits per heavy atom. The van der Waals surface area contributed by atoms with E-state index in [1.54, 1.807) is 0 Å². The van der Waals surface area contributed by atoms with Crippen molar-refractivity contribution in [2.24, 2.45) is 0 Å². The van der Waals surface area contributed by atoms with Crippen LogP contribution in [0.1, 0.15) is 49.1 Å². The summed E-state index contributed by atoms with van der Waals surface area (Å²) in [6, 6.07) is 15.0. The van der Waals surface area contributed by atoms with E-state index in [0.717, 1.165) is 5.02 Å². The Balaban J connectivity index is 2.10. The first-order valence-corrected chi connectivity index (χ1v) is 7.99. The zero-order valence-electron chi connectivity index (χ0n) is 12.0. The number of hydrogen-bond acceptors (Lipinski definition) is 0. The maximum absolute atomic E-state index is 6.47. The highest BCUT2D eigenvalue weighted by atomic mass is 35.5. The molecule has 20 heavy (non-hydrogen) atoms. The third kappa shape index (κ3) is 2.62. The first-order chi connectivity index (χ1) is 9.77. The lowest BCUT2D eigenvalue weighted by Crippen LogP contribution is -2.06. The molecular weight excluding hydrogens is 264 g/mol. The molecule has 1 aliphatic carbocycles. The van der Waals surface area contributed by atoms with Crippen LogP contribution >= 0.6 is 11.6 Å². The summed E-state index contributed by atoms with van der Waals surface area (Å²) in [5.74, 6) is 0.704. The smallest absolute Gasteiger partial charge is 0.0487 e. The highest BCUT2D eigenvalue weighted by Crippen LogP contribution is 2.40. The van der Waals surface area contributed by atoms with Crippen LogP contribution in [0.5, 0.6) is 0 Å². The van der Waals surface area contributed by atoms with Crippen molar-refractivity contribution in [1.29, 1.82) is 0 Å². The normalized spacial score (nSPS) is 16.3. The van der Waals surface area contributed by atoms with Crippen molar-refractivity contribution in [2.75, 3.05) is 0 Å². The number of rotatable bonds is 2. The van der Waals surface area contributed by atoms with Crippen LogP contribution in [0, 0.1) is 6.92 Å². The summed E-state index contributed by atoms with van der Waals surface area (Å²) in [6.07, 6.45) is 6.76. The Hall–Kier alpha value is -1.27. The third-order valence-corrected chi connectivity index (χ3v) is 4.81. The second kappa shape index (κ2) is 6.01. The summed E-state index contributed by atoms with van der Waals surface area (Å²) in [5.41, 5.74) is 5.31. The topological polar surface area (TPSA) is 0 Å². The quantitative estimate of drug-likeness (QED) is 0.601. The van der Waals surface area contributed by atoms with Gasteiger partial charge in [0.1, 0.15) is 0 Å². The molecule has 1 heteroatoms. The molecule has 0 N–H and O–H groups in total. The van der Waals surface area contributed by atoms with Gasteiger partial charge in [0.15, 0.2) is 0 Å². The monoisotopic (exact) mass is 284 g/mol. The second-order valence-corrected chi connectivity index (χ2v) is 6.26. The fraction of sp³-hybridized carbons (Fsp3) is 0.368. The molecule has 0 aromatic heterocycles. The average molecular weight is 285 g/mol. The van der Waals surface area contributed by atoms with E-state index in [1.807, 2.05) is 12.1 Å². The molecule has 3 rings (SSSR count). The van der Waals surface area contributed by atoms with Crippen LogP contribution in [0.3, 0.4) is 0 Å². The summed E-state index contributed by atoms with van der Waals surface area (Å²) in [6.45, 7) is 2.15. The standard InChI is InChI=1S/C19H21Cl/c1-14-8-7-13-18(20)19(14)17-12-6-5-11-16(17)15-9-3-2-4-10-15/h5-8,11-13,15H,2-4,9-10H2,1H3. The predicted octanol–water partition coefficient (Wildman–Crippen LogP) is 6.36. The predicted molar refractivity (Wildman–Crippen MR) is 87.5 cm³/mol. The highest BCUT2D eigenvalue weighted by molar-refractivity contribution is 6.33. The van der Waals surface area contributed by atoms with Gasteiger partial charge in [-0.1, -0.05) is 67.3 Å². The minimum atomic E-state index is 0.704. The molecule has 1 saturated carbocycles. The molecule has 0 atom stereocenters. The minimum absolute atomic E-state index is 0.704. The van der Waals surface area contributed by atoms with Crippen LogP contribution in [-0.4, -0.2) is 0 Å². The molecule has 1 fully saturated rings. The number of halogens is 1. The Morgan fingerprint density at radius 2 is 1.65 bits per heavy atom. The Bertz CT molecular complexity index is 574. The molecular formula is C19H21Cl. The molecule has 0 unspecified atom stereocenters. The maximum atomic E-state index is 6.47. The Labute approximate surface area is 126 Å². The molecule has 0 nitrogen and oxygen atoms in total. The van der Waals surface area contributed by atoms with Crippen molar-refractivity contribution >= 4 is 11.6 Å². The van der Waals surface area contributed by atoms with Gasteiger partial charge in [0.05, 0.1) is 0 Å². The molecule has 0 amide bonds. The summed E-state index contributed by atoms with van der Waals surface area (Å²) in [7, 11) is 0. The lowest BCUT2D eigenvalue weighted by atomic mass is 9.80. The molecule has 1 aliphatic rings. The molecule has 0 saturated heterocycles. The minimum Gasteiger partial charge on any atom is -0.0837 e.